The van der Waals surface area contributed by atoms with Gasteiger partial charge in [-0.15, -0.1) is 11.3 Å². The Morgan fingerprint density at radius 2 is 1.79 bits per heavy atom. The Bertz CT molecular complexity index is 1660. The Labute approximate surface area is 216 Å². The van der Waals surface area contributed by atoms with E-state index in [2.05, 4.69) is 4.98 Å². The first-order valence-electron chi connectivity index (χ1n) is 11.0. The third-order valence-corrected chi connectivity index (χ3v) is 7.00. The minimum Gasteiger partial charge on any atom is -0.481 e. The van der Waals surface area contributed by atoms with Gasteiger partial charge in [0.05, 0.1) is 22.6 Å². The molecule has 4 rings (SSSR count). The highest BCUT2D eigenvalue weighted by atomic mass is 32.1. The first kappa shape index (κ1) is 26.8. The van der Waals surface area contributed by atoms with Crippen molar-refractivity contribution in [2.45, 2.75) is 25.9 Å². The van der Waals surface area contributed by atoms with Gasteiger partial charge in [-0.3, -0.25) is 9.59 Å². The molecule has 0 aliphatic carbocycles. The van der Waals surface area contributed by atoms with E-state index >= 15 is 0 Å². The number of thiophene rings is 1. The molecule has 11 heteroatoms. The summed E-state index contributed by atoms with van der Waals surface area (Å²) >= 11 is 1.06. The lowest BCUT2D eigenvalue weighted by molar-refractivity contribution is -0.138. The summed E-state index contributed by atoms with van der Waals surface area (Å²) in [5, 5.41) is 18.3. The molecule has 38 heavy (non-hydrogen) atoms. The van der Waals surface area contributed by atoms with Crippen molar-refractivity contribution in [3.8, 4) is 27.1 Å². The van der Waals surface area contributed by atoms with Crippen LogP contribution in [0.15, 0.2) is 53.3 Å². The third kappa shape index (κ3) is 5.35. The van der Waals surface area contributed by atoms with Crippen LogP contribution in [0.25, 0.3) is 21.0 Å². The highest BCUT2D eigenvalue weighted by Gasteiger charge is 2.39. The molecule has 5 nitrogen and oxygen atoms in total. The molecule has 0 saturated heterocycles. The largest absolute Gasteiger partial charge is 0.481 e. The van der Waals surface area contributed by atoms with Crippen LogP contribution in [0.4, 0.5) is 22.0 Å². The minimum absolute atomic E-state index is 0.174. The molecule has 0 spiro atoms. The number of hydrogen-bond donors (Lipinski definition) is 2. The number of aromatic nitrogens is 1. The van der Waals surface area contributed by atoms with E-state index in [0.29, 0.717) is 22.1 Å². The number of pyridine rings is 1. The number of aryl methyl sites for hydroxylation is 1. The molecule has 0 saturated carbocycles. The summed E-state index contributed by atoms with van der Waals surface area (Å²) in [5.41, 5.74) is -2.89. The number of nitrogens with zero attached hydrogens (tertiary/aromatic N) is 1. The molecule has 2 N–H and O–H groups in total. The van der Waals surface area contributed by atoms with Crippen LogP contribution in [0.1, 0.15) is 33.4 Å². The van der Waals surface area contributed by atoms with Crippen LogP contribution >= 0.6 is 11.3 Å². The zero-order valence-corrected chi connectivity index (χ0v) is 20.4. The lowest BCUT2D eigenvalue weighted by Gasteiger charge is -2.18. The fraction of sp³-hybridized carbons (Fsp3) is 0.148. The maximum Gasteiger partial charge on any atom is 0.418 e. The minimum atomic E-state index is -5.11. The number of alkyl halides is 3. The zero-order valence-electron chi connectivity index (χ0n) is 19.5. The SMILES string of the molecule is Cc1cc(CC(=O)O)ccc1-c1ccc(-c2[nH]c(=O)c(C#N)c(C(F)(F)F)c2Cc2ccc(F)cc2F)s1. The van der Waals surface area contributed by atoms with Crippen molar-refractivity contribution in [3.63, 3.8) is 0 Å². The molecule has 2 aromatic carbocycles. The summed E-state index contributed by atoms with van der Waals surface area (Å²) in [6, 6.07) is 11.9. The molecule has 2 aromatic heterocycles. The molecular weight excluding hydrogens is 527 g/mol. The Balaban J connectivity index is 1.90. The number of H-pyrrole nitrogens is 1. The van der Waals surface area contributed by atoms with Gasteiger partial charge in [-0.2, -0.15) is 18.4 Å². The van der Waals surface area contributed by atoms with Gasteiger partial charge in [0, 0.05) is 17.4 Å². The van der Waals surface area contributed by atoms with Gasteiger partial charge in [0.2, 0.25) is 0 Å². The Hall–Kier alpha value is -4.30. The van der Waals surface area contributed by atoms with Gasteiger partial charge >= 0.3 is 12.1 Å². The molecule has 0 atom stereocenters. The lowest BCUT2D eigenvalue weighted by Crippen LogP contribution is -2.23. The van der Waals surface area contributed by atoms with E-state index < -0.39 is 52.5 Å². The highest BCUT2D eigenvalue weighted by molar-refractivity contribution is 7.18. The first-order valence-corrected chi connectivity index (χ1v) is 11.8. The van der Waals surface area contributed by atoms with E-state index in [0.717, 1.165) is 29.0 Å². The maximum atomic E-state index is 14.4. The number of benzene rings is 2. The topological polar surface area (TPSA) is 93.9 Å². The summed E-state index contributed by atoms with van der Waals surface area (Å²) in [6.45, 7) is 1.76. The van der Waals surface area contributed by atoms with Gasteiger partial charge in [0.15, 0.2) is 0 Å². The van der Waals surface area contributed by atoms with Crippen molar-refractivity contribution < 1.29 is 31.9 Å². The lowest BCUT2D eigenvalue weighted by atomic mass is 9.94. The van der Waals surface area contributed by atoms with Crippen molar-refractivity contribution in [1.82, 2.24) is 4.98 Å². The number of aliphatic carboxylic acids is 1. The predicted octanol–water partition coefficient (Wildman–Crippen LogP) is 6.47. The van der Waals surface area contributed by atoms with E-state index in [9.17, 15) is 36.8 Å². The monoisotopic (exact) mass is 544 g/mol. The second-order valence-corrected chi connectivity index (χ2v) is 9.55. The number of nitrogens with one attached hydrogen (secondary N) is 1. The molecule has 0 amide bonds. The Kier molecular flexibility index (Phi) is 7.20. The molecule has 194 valence electrons. The quantitative estimate of drug-likeness (QED) is 0.272. The van der Waals surface area contributed by atoms with E-state index in [1.807, 2.05) is 0 Å². The number of rotatable bonds is 6. The summed E-state index contributed by atoms with van der Waals surface area (Å²) in [5.74, 6) is -2.97. The molecule has 0 radical (unpaired) electrons. The number of nitriles is 1. The van der Waals surface area contributed by atoms with E-state index in [1.54, 1.807) is 31.2 Å². The number of aromatic amines is 1. The summed E-state index contributed by atoms with van der Waals surface area (Å²) in [7, 11) is 0. The van der Waals surface area contributed by atoms with E-state index in [1.165, 1.54) is 12.1 Å². The molecule has 0 bridgehead atoms. The second kappa shape index (κ2) is 10.2. The molecule has 2 heterocycles. The Morgan fingerprint density at radius 3 is 2.39 bits per heavy atom. The van der Waals surface area contributed by atoms with Crippen LogP contribution in [-0.4, -0.2) is 16.1 Å². The van der Waals surface area contributed by atoms with Crippen molar-refractivity contribution in [2.75, 3.05) is 0 Å². The summed E-state index contributed by atoms with van der Waals surface area (Å²) in [6.07, 6.45) is -5.96. The van der Waals surface area contributed by atoms with E-state index in [4.69, 9.17) is 5.11 Å². The first-order chi connectivity index (χ1) is 17.9. The predicted molar refractivity (Wildman–Crippen MR) is 131 cm³/mol. The molecule has 0 fully saturated rings. The smallest absolute Gasteiger partial charge is 0.418 e. The van der Waals surface area contributed by atoms with Crippen LogP contribution in [0.5, 0.6) is 0 Å². The number of hydrogen-bond acceptors (Lipinski definition) is 4. The average Bonchev–Trinajstić information content (AvgIpc) is 3.30. The standard InChI is InChI=1S/C27H17F5N2O3S/c1-13-8-14(9-23(35)36)2-5-17(13)21-6-7-22(38-21)25-18(10-15-3-4-16(28)11-20(15)29)24(27(30,31)32)19(12-33)26(37)34-25/h2-8,11H,9-10H2,1H3,(H,34,37)(H,35,36). The number of carbonyl (C=O) groups is 1. The second-order valence-electron chi connectivity index (χ2n) is 8.46. The van der Waals surface area contributed by atoms with Gasteiger partial charge in [-0.1, -0.05) is 24.3 Å². The Morgan fingerprint density at radius 1 is 1.08 bits per heavy atom. The normalized spacial score (nSPS) is 11.4. The van der Waals surface area contributed by atoms with Gasteiger partial charge in [-0.05, 0) is 52.9 Å². The van der Waals surface area contributed by atoms with Crippen LogP contribution in [0.2, 0.25) is 0 Å². The van der Waals surface area contributed by atoms with Crippen LogP contribution in [0.3, 0.4) is 0 Å². The third-order valence-electron chi connectivity index (χ3n) is 5.86. The molecule has 0 unspecified atom stereocenters. The fourth-order valence-corrected chi connectivity index (χ4v) is 5.33. The van der Waals surface area contributed by atoms with Gasteiger partial charge in [0.1, 0.15) is 23.3 Å². The summed E-state index contributed by atoms with van der Waals surface area (Å²) < 4.78 is 70.4. The van der Waals surface area contributed by atoms with Crippen LogP contribution < -0.4 is 5.56 Å². The zero-order chi connectivity index (χ0) is 27.8. The van der Waals surface area contributed by atoms with Gasteiger partial charge < -0.3 is 10.1 Å². The van der Waals surface area contributed by atoms with Crippen molar-refractivity contribution in [3.05, 3.63) is 104 Å². The van der Waals surface area contributed by atoms with Crippen molar-refractivity contribution in [2.24, 2.45) is 0 Å². The highest BCUT2D eigenvalue weighted by Crippen LogP contribution is 2.42. The number of halogens is 5. The molecule has 0 aliphatic rings. The fourth-order valence-electron chi connectivity index (χ4n) is 4.21. The number of carboxylic acids is 1. The van der Waals surface area contributed by atoms with Crippen molar-refractivity contribution in [1.29, 1.82) is 5.26 Å². The molecule has 4 aromatic rings. The molecular formula is C27H17F5N2O3S. The summed E-state index contributed by atoms with van der Waals surface area (Å²) in [4.78, 5) is 26.7. The van der Waals surface area contributed by atoms with Gasteiger partial charge in [-0.25, -0.2) is 8.78 Å². The van der Waals surface area contributed by atoms with E-state index in [-0.39, 0.29) is 22.6 Å². The van der Waals surface area contributed by atoms with Crippen LogP contribution in [-0.2, 0) is 23.8 Å². The van der Waals surface area contributed by atoms with Gasteiger partial charge in [0.25, 0.3) is 5.56 Å². The maximum absolute atomic E-state index is 14.4. The molecule has 0 aliphatic heterocycles. The number of carboxylic acid groups (broad SMARTS) is 1. The van der Waals surface area contributed by atoms with Crippen molar-refractivity contribution >= 4 is 17.3 Å². The van der Waals surface area contributed by atoms with Crippen LogP contribution in [0, 0.1) is 29.9 Å². The average molecular weight is 545 g/mol.